The molecule has 1 aromatic carbocycles. The van der Waals surface area contributed by atoms with Gasteiger partial charge in [0.05, 0.1) is 11.6 Å². The van der Waals surface area contributed by atoms with Gasteiger partial charge in [0, 0.05) is 18.2 Å². The first-order chi connectivity index (χ1) is 9.86. The second-order valence-corrected chi connectivity index (χ2v) is 4.89. The van der Waals surface area contributed by atoms with Crippen LogP contribution in [0, 0.1) is 23.4 Å². The molecular formula is C13H13F3N2O3. The molecule has 2 unspecified atom stereocenters. The minimum absolute atomic E-state index is 0.267. The molecule has 0 heterocycles. The summed E-state index contributed by atoms with van der Waals surface area (Å²) in [6.07, 6.45) is 1.18. The first-order valence-corrected chi connectivity index (χ1v) is 6.31. The van der Waals surface area contributed by atoms with E-state index in [2.05, 4.69) is 5.32 Å². The molecule has 0 saturated heterocycles. The number of rotatable bonds is 3. The van der Waals surface area contributed by atoms with Gasteiger partial charge in [0.2, 0.25) is 0 Å². The molecule has 1 aliphatic rings. The lowest BCUT2D eigenvalue weighted by molar-refractivity contribution is -0.141. The summed E-state index contributed by atoms with van der Waals surface area (Å²) in [7, 11) is 0. The zero-order chi connectivity index (χ0) is 15.6. The van der Waals surface area contributed by atoms with Crippen LogP contribution in [0.2, 0.25) is 0 Å². The van der Waals surface area contributed by atoms with Crippen LogP contribution in [0.1, 0.15) is 19.3 Å². The van der Waals surface area contributed by atoms with Gasteiger partial charge in [-0.25, -0.2) is 18.0 Å². The number of hydrogen-bond acceptors (Lipinski definition) is 2. The Morgan fingerprint density at radius 2 is 1.90 bits per heavy atom. The van der Waals surface area contributed by atoms with E-state index in [-0.39, 0.29) is 12.5 Å². The molecule has 2 rings (SSSR count). The van der Waals surface area contributed by atoms with Gasteiger partial charge in [-0.1, -0.05) is 0 Å². The SMILES string of the molecule is O=C(Nc1cc(F)cc(F)c1F)NC1CCC(C(=O)O)C1. The van der Waals surface area contributed by atoms with E-state index in [0.717, 1.165) is 0 Å². The topological polar surface area (TPSA) is 78.4 Å². The third-order valence-corrected chi connectivity index (χ3v) is 3.36. The van der Waals surface area contributed by atoms with Gasteiger partial charge in [-0.15, -0.1) is 0 Å². The normalized spacial score (nSPS) is 21.1. The fourth-order valence-electron chi connectivity index (χ4n) is 2.33. The molecule has 0 radical (unpaired) electrons. The zero-order valence-electron chi connectivity index (χ0n) is 10.8. The van der Waals surface area contributed by atoms with E-state index in [4.69, 9.17) is 5.11 Å². The molecule has 0 spiro atoms. The van der Waals surface area contributed by atoms with Gasteiger partial charge >= 0.3 is 12.0 Å². The van der Waals surface area contributed by atoms with E-state index in [1.807, 2.05) is 5.32 Å². The lowest BCUT2D eigenvalue weighted by atomic mass is 10.1. The van der Waals surface area contributed by atoms with E-state index in [1.54, 1.807) is 0 Å². The minimum atomic E-state index is -1.41. The Kier molecular flexibility index (Phi) is 4.35. The number of amides is 2. The predicted molar refractivity (Wildman–Crippen MR) is 67.2 cm³/mol. The Balaban J connectivity index is 1.95. The van der Waals surface area contributed by atoms with Gasteiger partial charge in [-0.3, -0.25) is 4.79 Å². The lowest BCUT2D eigenvalue weighted by Crippen LogP contribution is -2.37. The van der Waals surface area contributed by atoms with Crippen molar-refractivity contribution in [2.24, 2.45) is 5.92 Å². The van der Waals surface area contributed by atoms with Crippen molar-refractivity contribution in [1.82, 2.24) is 5.32 Å². The summed E-state index contributed by atoms with van der Waals surface area (Å²) in [5, 5.41) is 13.3. The molecule has 3 N–H and O–H groups in total. The van der Waals surface area contributed by atoms with Crippen molar-refractivity contribution in [2.75, 3.05) is 5.32 Å². The second kappa shape index (κ2) is 6.02. The Morgan fingerprint density at radius 3 is 2.52 bits per heavy atom. The van der Waals surface area contributed by atoms with Gasteiger partial charge in [-0.2, -0.15) is 0 Å². The number of hydrogen-bond donors (Lipinski definition) is 3. The van der Waals surface area contributed by atoms with Gasteiger partial charge in [0.15, 0.2) is 11.6 Å². The van der Waals surface area contributed by atoms with Crippen LogP contribution in [-0.4, -0.2) is 23.1 Å². The van der Waals surface area contributed by atoms with Gasteiger partial charge < -0.3 is 15.7 Å². The molecule has 0 aromatic heterocycles. The molecule has 2 atom stereocenters. The van der Waals surface area contributed by atoms with Crippen molar-refractivity contribution < 1.29 is 27.9 Å². The molecule has 5 nitrogen and oxygen atoms in total. The van der Waals surface area contributed by atoms with E-state index in [1.165, 1.54) is 0 Å². The van der Waals surface area contributed by atoms with Gasteiger partial charge in [-0.05, 0) is 19.3 Å². The average Bonchev–Trinajstić information content (AvgIpc) is 2.83. The first kappa shape index (κ1) is 15.1. The fraction of sp³-hybridized carbons (Fsp3) is 0.385. The van der Waals surface area contributed by atoms with Crippen LogP contribution in [0.5, 0.6) is 0 Å². The van der Waals surface area contributed by atoms with E-state index >= 15 is 0 Å². The summed E-state index contributed by atoms with van der Waals surface area (Å²) in [5.74, 6) is -5.24. The molecule has 114 valence electrons. The number of halogens is 3. The Hall–Kier alpha value is -2.25. The molecule has 21 heavy (non-hydrogen) atoms. The van der Waals surface area contributed by atoms with Crippen LogP contribution < -0.4 is 10.6 Å². The van der Waals surface area contributed by atoms with Gasteiger partial charge in [0.1, 0.15) is 5.82 Å². The van der Waals surface area contributed by atoms with Crippen molar-refractivity contribution >= 4 is 17.7 Å². The third-order valence-electron chi connectivity index (χ3n) is 3.36. The van der Waals surface area contributed by atoms with Crippen molar-refractivity contribution in [3.05, 3.63) is 29.6 Å². The summed E-state index contributed by atoms with van der Waals surface area (Å²) in [6, 6.07) is -0.179. The first-order valence-electron chi connectivity index (χ1n) is 6.31. The maximum Gasteiger partial charge on any atom is 0.319 e. The standard InChI is InChI=1S/C13H13F3N2O3/c14-7-4-9(15)11(16)10(5-7)18-13(21)17-8-2-1-6(3-8)12(19)20/h4-6,8H,1-3H2,(H,19,20)(H2,17,18,21). The van der Waals surface area contributed by atoms with Crippen LogP contribution in [0.4, 0.5) is 23.7 Å². The Labute approximate surface area is 118 Å². The molecule has 1 saturated carbocycles. The number of benzene rings is 1. The number of carbonyl (C=O) groups is 2. The van der Waals surface area contributed by atoms with Crippen molar-refractivity contribution in [3.8, 4) is 0 Å². The van der Waals surface area contributed by atoms with Crippen molar-refractivity contribution in [3.63, 3.8) is 0 Å². The second-order valence-electron chi connectivity index (χ2n) is 4.89. The highest BCUT2D eigenvalue weighted by Crippen LogP contribution is 2.26. The molecular weight excluding hydrogens is 289 g/mol. The smallest absolute Gasteiger partial charge is 0.319 e. The monoisotopic (exact) mass is 302 g/mol. The molecule has 1 aromatic rings. The number of aliphatic carboxylic acids is 1. The van der Waals surface area contributed by atoms with Crippen molar-refractivity contribution in [2.45, 2.75) is 25.3 Å². The zero-order valence-corrected chi connectivity index (χ0v) is 10.8. The van der Waals surface area contributed by atoms with E-state index in [9.17, 15) is 22.8 Å². The summed E-state index contributed by atoms with van der Waals surface area (Å²) in [5.41, 5.74) is -0.613. The van der Waals surface area contributed by atoms with Crippen LogP contribution in [-0.2, 0) is 4.79 Å². The number of carboxylic acid groups (broad SMARTS) is 1. The molecule has 1 aliphatic carbocycles. The summed E-state index contributed by atoms with van der Waals surface area (Å²) in [6.45, 7) is 0. The third kappa shape index (κ3) is 3.65. The number of carboxylic acids is 1. The Bertz CT molecular complexity index is 580. The van der Waals surface area contributed by atoms with Crippen LogP contribution in [0.15, 0.2) is 12.1 Å². The molecule has 1 fully saturated rings. The quantitative estimate of drug-likeness (QED) is 0.751. The largest absolute Gasteiger partial charge is 0.481 e. The van der Waals surface area contributed by atoms with E-state index < -0.39 is 41.1 Å². The van der Waals surface area contributed by atoms with Crippen LogP contribution in [0.3, 0.4) is 0 Å². The summed E-state index contributed by atoms with van der Waals surface area (Å²) < 4.78 is 39.3. The van der Waals surface area contributed by atoms with E-state index in [0.29, 0.717) is 25.0 Å². The molecule has 0 aliphatic heterocycles. The van der Waals surface area contributed by atoms with Crippen LogP contribution >= 0.6 is 0 Å². The predicted octanol–water partition coefficient (Wildman–Crippen LogP) is 2.48. The molecule has 0 bridgehead atoms. The minimum Gasteiger partial charge on any atom is -0.481 e. The average molecular weight is 302 g/mol. The number of nitrogens with one attached hydrogen (secondary N) is 2. The summed E-state index contributed by atoms with van der Waals surface area (Å²) >= 11 is 0. The highest BCUT2D eigenvalue weighted by Gasteiger charge is 2.30. The van der Waals surface area contributed by atoms with Crippen LogP contribution in [0.25, 0.3) is 0 Å². The molecule has 2 amide bonds. The van der Waals surface area contributed by atoms with Gasteiger partial charge in [0.25, 0.3) is 0 Å². The highest BCUT2D eigenvalue weighted by atomic mass is 19.2. The van der Waals surface area contributed by atoms with Crippen molar-refractivity contribution in [1.29, 1.82) is 0 Å². The molecule has 8 heteroatoms. The number of urea groups is 1. The number of carbonyl (C=O) groups excluding carboxylic acids is 1. The highest BCUT2D eigenvalue weighted by molar-refractivity contribution is 5.89. The fourth-order valence-corrected chi connectivity index (χ4v) is 2.33. The number of anilines is 1. The summed E-state index contributed by atoms with van der Waals surface area (Å²) in [4.78, 5) is 22.4. The maximum absolute atomic E-state index is 13.4. The lowest BCUT2D eigenvalue weighted by Gasteiger charge is -2.14. The Morgan fingerprint density at radius 1 is 1.19 bits per heavy atom. The maximum atomic E-state index is 13.4.